The lowest BCUT2D eigenvalue weighted by molar-refractivity contribution is -0.123. The van der Waals surface area contributed by atoms with Crippen LogP contribution < -0.4 is 21.1 Å². The summed E-state index contributed by atoms with van der Waals surface area (Å²) in [5, 5.41) is 5.24. The van der Waals surface area contributed by atoms with Gasteiger partial charge in [0.2, 0.25) is 17.8 Å². The third kappa shape index (κ3) is 3.60. The van der Waals surface area contributed by atoms with E-state index < -0.39 is 23.2 Å². The van der Waals surface area contributed by atoms with Gasteiger partial charge >= 0.3 is 0 Å². The zero-order chi connectivity index (χ0) is 19.7. The van der Waals surface area contributed by atoms with Gasteiger partial charge in [-0.2, -0.15) is 4.98 Å². The van der Waals surface area contributed by atoms with Crippen LogP contribution in [0, 0.1) is 5.82 Å². The van der Waals surface area contributed by atoms with E-state index in [1.165, 1.54) is 24.3 Å². The van der Waals surface area contributed by atoms with Crippen molar-refractivity contribution < 1.29 is 14.0 Å². The van der Waals surface area contributed by atoms with Crippen molar-refractivity contribution >= 4 is 29.3 Å². The number of rotatable bonds is 3. The summed E-state index contributed by atoms with van der Waals surface area (Å²) in [4.78, 5) is 46.7. The number of H-pyrrole nitrogens is 1. The van der Waals surface area contributed by atoms with Crippen LogP contribution >= 0.6 is 0 Å². The molecule has 1 saturated heterocycles. The van der Waals surface area contributed by atoms with Crippen LogP contribution in [0.1, 0.15) is 37.2 Å². The van der Waals surface area contributed by atoms with Gasteiger partial charge in [-0.05, 0) is 43.5 Å². The molecule has 4 rings (SSSR count). The smallest absolute Gasteiger partial charge is 0.258 e. The molecule has 0 saturated carbocycles. The number of nitrogens with one attached hydrogen (secondary N) is 3. The van der Waals surface area contributed by atoms with E-state index in [2.05, 4.69) is 20.6 Å². The van der Waals surface area contributed by atoms with Gasteiger partial charge < -0.3 is 15.5 Å². The SMILES string of the molecule is O=C1C[C@@H](C(=O)Nc2ccc(F)cc2)c2c(nc(N3CCCCC3)[nH]c2=O)N1. The number of hydrogen-bond acceptors (Lipinski definition) is 5. The standard InChI is InChI=1S/C19H20FN5O3/c20-11-4-6-12(7-5-11)21-17(27)13-10-14(26)22-16-15(13)18(28)24-19(23-16)25-8-2-1-3-9-25/h4-7,13H,1-3,8-10H2,(H,21,27)(H2,22,23,24,26,28)/t13-/m1/s1. The Hall–Kier alpha value is -3.23. The number of nitrogens with zero attached hydrogens (tertiary/aromatic N) is 2. The van der Waals surface area contributed by atoms with Crippen LogP contribution in [-0.2, 0) is 9.59 Å². The maximum Gasteiger partial charge on any atom is 0.258 e. The summed E-state index contributed by atoms with van der Waals surface area (Å²) in [7, 11) is 0. The van der Waals surface area contributed by atoms with E-state index >= 15 is 0 Å². The molecule has 2 aromatic rings. The van der Waals surface area contributed by atoms with E-state index in [1.54, 1.807) is 0 Å². The number of aromatic amines is 1. The Morgan fingerprint density at radius 3 is 2.57 bits per heavy atom. The van der Waals surface area contributed by atoms with E-state index in [-0.39, 0.29) is 23.7 Å². The van der Waals surface area contributed by atoms with Gasteiger partial charge in [-0.25, -0.2) is 4.39 Å². The van der Waals surface area contributed by atoms with Crippen LogP contribution in [0.15, 0.2) is 29.1 Å². The molecular formula is C19H20FN5O3. The van der Waals surface area contributed by atoms with Crippen molar-refractivity contribution in [3.63, 3.8) is 0 Å². The topological polar surface area (TPSA) is 107 Å². The molecule has 1 atom stereocenters. The maximum atomic E-state index is 13.0. The Balaban J connectivity index is 1.64. The van der Waals surface area contributed by atoms with Gasteiger partial charge in [0.15, 0.2) is 0 Å². The van der Waals surface area contributed by atoms with E-state index in [0.29, 0.717) is 11.6 Å². The number of carbonyl (C=O) groups is 2. The highest BCUT2D eigenvalue weighted by atomic mass is 19.1. The predicted octanol–water partition coefficient (Wildman–Crippen LogP) is 1.96. The number of amides is 2. The summed E-state index contributed by atoms with van der Waals surface area (Å²) in [5.74, 6) is -1.76. The fraction of sp³-hybridized carbons (Fsp3) is 0.368. The van der Waals surface area contributed by atoms with Crippen molar-refractivity contribution in [2.45, 2.75) is 31.6 Å². The number of anilines is 3. The molecule has 9 heteroatoms. The Bertz CT molecular complexity index is 967. The zero-order valence-corrected chi connectivity index (χ0v) is 15.1. The Labute approximate surface area is 160 Å². The van der Waals surface area contributed by atoms with Gasteiger partial charge in [-0.3, -0.25) is 19.4 Å². The number of halogens is 1. The van der Waals surface area contributed by atoms with E-state index in [1.807, 2.05) is 4.90 Å². The first-order chi connectivity index (χ1) is 13.5. The van der Waals surface area contributed by atoms with Crippen molar-refractivity contribution in [2.24, 2.45) is 0 Å². The summed E-state index contributed by atoms with van der Waals surface area (Å²) in [5.41, 5.74) is 0.0815. The van der Waals surface area contributed by atoms with E-state index in [9.17, 15) is 18.8 Å². The van der Waals surface area contributed by atoms with Crippen LogP contribution in [-0.4, -0.2) is 34.9 Å². The lowest BCUT2D eigenvalue weighted by Crippen LogP contribution is -2.38. The number of fused-ring (bicyclic) bond motifs is 1. The molecule has 3 N–H and O–H groups in total. The summed E-state index contributed by atoms with van der Waals surface area (Å²) in [6.07, 6.45) is 2.99. The van der Waals surface area contributed by atoms with Gasteiger partial charge in [0.1, 0.15) is 11.6 Å². The Morgan fingerprint density at radius 1 is 1.14 bits per heavy atom. The molecule has 3 heterocycles. The number of carbonyl (C=O) groups excluding carboxylic acids is 2. The van der Waals surface area contributed by atoms with Crippen molar-refractivity contribution in [1.82, 2.24) is 9.97 Å². The molecule has 0 aliphatic carbocycles. The molecule has 1 aromatic carbocycles. The average molecular weight is 385 g/mol. The number of benzene rings is 1. The molecule has 28 heavy (non-hydrogen) atoms. The van der Waals surface area contributed by atoms with Crippen LogP contribution in [0.3, 0.4) is 0 Å². The molecule has 0 unspecified atom stereocenters. The number of piperidine rings is 1. The highest BCUT2D eigenvalue weighted by Gasteiger charge is 2.35. The summed E-state index contributed by atoms with van der Waals surface area (Å²) in [6, 6.07) is 5.27. The average Bonchev–Trinajstić information content (AvgIpc) is 2.69. The molecule has 2 aliphatic heterocycles. The van der Waals surface area contributed by atoms with Gasteiger partial charge in [0.25, 0.3) is 5.56 Å². The van der Waals surface area contributed by atoms with Crippen molar-refractivity contribution in [1.29, 1.82) is 0 Å². The molecule has 1 fully saturated rings. The van der Waals surface area contributed by atoms with Gasteiger partial charge in [-0.1, -0.05) is 0 Å². The third-order valence-electron chi connectivity index (χ3n) is 5.02. The van der Waals surface area contributed by atoms with Crippen molar-refractivity contribution in [2.75, 3.05) is 28.6 Å². The van der Waals surface area contributed by atoms with Gasteiger partial charge in [0.05, 0.1) is 11.5 Å². The fourth-order valence-corrected chi connectivity index (χ4v) is 3.60. The molecule has 146 valence electrons. The van der Waals surface area contributed by atoms with Crippen molar-refractivity contribution in [3.05, 3.63) is 46.0 Å². The first-order valence-electron chi connectivity index (χ1n) is 9.27. The molecule has 0 bridgehead atoms. The monoisotopic (exact) mass is 385 g/mol. The molecule has 0 spiro atoms. The lowest BCUT2D eigenvalue weighted by Gasteiger charge is -2.29. The minimum absolute atomic E-state index is 0.125. The first kappa shape index (κ1) is 18.1. The van der Waals surface area contributed by atoms with Gasteiger partial charge in [-0.15, -0.1) is 0 Å². The van der Waals surface area contributed by atoms with Gasteiger partial charge in [0, 0.05) is 25.2 Å². The molecule has 2 amide bonds. The summed E-state index contributed by atoms with van der Waals surface area (Å²) >= 11 is 0. The minimum atomic E-state index is -0.972. The number of aromatic nitrogens is 2. The Morgan fingerprint density at radius 2 is 1.86 bits per heavy atom. The lowest BCUT2D eigenvalue weighted by atomic mass is 9.92. The summed E-state index contributed by atoms with van der Waals surface area (Å²) < 4.78 is 13.0. The zero-order valence-electron chi connectivity index (χ0n) is 15.1. The number of hydrogen-bond donors (Lipinski definition) is 3. The predicted molar refractivity (Wildman–Crippen MR) is 102 cm³/mol. The quantitative estimate of drug-likeness (QED) is 0.749. The van der Waals surface area contributed by atoms with E-state index in [0.717, 1.165) is 32.4 Å². The molecular weight excluding hydrogens is 365 g/mol. The highest BCUT2D eigenvalue weighted by Crippen LogP contribution is 2.30. The second-order valence-electron chi connectivity index (χ2n) is 7.00. The highest BCUT2D eigenvalue weighted by molar-refractivity contribution is 6.04. The van der Waals surface area contributed by atoms with E-state index in [4.69, 9.17) is 0 Å². The molecule has 1 aromatic heterocycles. The molecule has 0 radical (unpaired) electrons. The maximum absolute atomic E-state index is 13.0. The van der Waals surface area contributed by atoms with Crippen LogP contribution in [0.5, 0.6) is 0 Å². The van der Waals surface area contributed by atoms with Crippen LogP contribution in [0.25, 0.3) is 0 Å². The first-order valence-corrected chi connectivity index (χ1v) is 9.27. The largest absolute Gasteiger partial charge is 0.342 e. The summed E-state index contributed by atoms with van der Waals surface area (Å²) in [6.45, 7) is 1.56. The minimum Gasteiger partial charge on any atom is -0.342 e. The van der Waals surface area contributed by atoms with Crippen LogP contribution in [0.2, 0.25) is 0 Å². The second-order valence-corrected chi connectivity index (χ2v) is 7.00. The molecule has 2 aliphatic rings. The normalized spacial score (nSPS) is 19.0. The second kappa shape index (κ2) is 7.41. The third-order valence-corrected chi connectivity index (χ3v) is 5.02. The fourth-order valence-electron chi connectivity index (χ4n) is 3.60. The van der Waals surface area contributed by atoms with Crippen molar-refractivity contribution in [3.8, 4) is 0 Å². The Kier molecular flexibility index (Phi) is 4.81. The molecule has 8 nitrogen and oxygen atoms in total. The van der Waals surface area contributed by atoms with Crippen LogP contribution in [0.4, 0.5) is 21.8 Å².